The summed E-state index contributed by atoms with van der Waals surface area (Å²) in [6, 6.07) is 8.15. The van der Waals surface area contributed by atoms with Crippen molar-refractivity contribution in [2.45, 2.75) is 19.4 Å². The fourth-order valence-corrected chi connectivity index (χ4v) is 2.45. The van der Waals surface area contributed by atoms with Crippen LogP contribution in [0.5, 0.6) is 0 Å². The Morgan fingerprint density at radius 3 is 2.57 bits per heavy atom. The highest BCUT2D eigenvalue weighted by Gasteiger charge is 2.42. The van der Waals surface area contributed by atoms with Gasteiger partial charge in [-0.05, 0) is 19.2 Å². The number of anilines is 1. The zero-order chi connectivity index (χ0) is 15.6. The smallest absolute Gasteiger partial charge is 0.307 e. The van der Waals surface area contributed by atoms with E-state index in [1.54, 1.807) is 43.1 Å². The Morgan fingerprint density at radius 1 is 1.38 bits per heavy atom. The van der Waals surface area contributed by atoms with E-state index in [0.717, 1.165) is 0 Å². The Labute approximate surface area is 123 Å². The largest absolute Gasteiger partial charge is 0.481 e. The Bertz CT molecular complexity index is 558. The van der Waals surface area contributed by atoms with Gasteiger partial charge in [-0.25, -0.2) is 4.90 Å². The maximum atomic E-state index is 12.4. The van der Waals surface area contributed by atoms with Crippen molar-refractivity contribution in [2.24, 2.45) is 5.92 Å². The number of rotatable bonds is 5. The maximum absolute atomic E-state index is 12.4. The van der Waals surface area contributed by atoms with E-state index in [0.29, 0.717) is 5.69 Å². The molecule has 1 aliphatic heterocycles. The molecule has 1 N–H and O–H groups in total. The molecule has 1 aromatic carbocycles. The summed E-state index contributed by atoms with van der Waals surface area (Å²) in [7, 11) is 1.67. The molecule has 1 aromatic rings. The lowest BCUT2D eigenvalue weighted by Crippen LogP contribution is -2.42. The Morgan fingerprint density at radius 2 is 2.00 bits per heavy atom. The first-order chi connectivity index (χ1) is 9.91. The molecule has 0 saturated carbocycles. The van der Waals surface area contributed by atoms with E-state index in [-0.39, 0.29) is 24.8 Å². The van der Waals surface area contributed by atoms with Crippen molar-refractivity contribution in [1.82, 2.24) is 4.90 Å². The molecule has 1 aliphatic rings. The molecule has 0 aromatic heterocycles. The van der Waals surface area contributed by atoms with Crippen LogP contribution >= 0.6 is 0 Å². The molecular formula is C15H18N2O4. The van der Waals surface area contributed by atoms with Crippen LogP contribution in [0.25, 0.3) is 0 Å². The Balaban J connectivity index is 2.13. The van der Waals surface area contributed by atoms with Crippen molar-refractivity contribution in [3.05, 3.63) is 30.3 Å². The average Bonchev–Trinajstić information content (AvgIpc) is 2.74. The van der Waals surface area contributed by atoms with Crippen molar-refractivity contribution >= 4 is 23.5 Å². The summed E-state index contributed by atoms with van der Waals surface area (Å²) in [5, 5.41) is 8.93. The number of carbonyl (C=O) groups is 3. The van der Waals surface area contributed by atoms with Gasteiger partial charge in [0.1, 0.15) is 0 Å². The number of nitrogens with zero attached hydrogens (tertiary/aromatic N) is 2. The molecule has 2 rings (SSSR count). The van der Waals surface area contributed by atoms with Gasteiger partial charge >= 0.3 is 5.97 Å². The second-order valence-electron chi connectivity index (χ2n) is 5.30. The van der Waals surface area contributed by atoms with Crippen LogP contribution in [0.2, 0.25) is 0 Å². The van der Waals surface area contributed by atoms with Gasteiger partial charge in [-0.1, -0.05) is 25.1 Å². The van der Waals surface area contributed by atoms with Crippen LogP contribution in [-0.4, -0.2) is 47.4 Å². The number of carbonyl (C=O) groups excluding carboxylic acids is 2. The number of imide groups is 1. The van der Waals surface area contributed by atoms with Crippen LogP contribution in [0.4, 0.5) is 5.69 Å². The molecule has 0 aliphatic carbocycles. The van der Waals surface area contributed by atoms with E-state index in [9.17, 15) is 14.4 Å². The van der Waals surface area contributed by atoms with E-state index < -0.39 is 17.9 Å². The van der Waals surface area contributed by atoms with Crippen LogP contribution in [0.15, 0.2) is 30.3 Å². The number of benzene rings is 1. The summed E-state index contributed by atoms with van der Waals surface area (Å²) in [6.45, 7) is 1.80. The summed E-state index contributed by atoms with van der Waals surface area (Å²) in [6.07, 6.45) is 0.0799. The van der Waals surface area contributed by atoms with E-state index in [2.05, 4.69) is 0 Å². The van der Waals surface area contributed by atoms with Gasteiger partial charge in [-0.3, -0.25) is 19.3 Å². The molecular weight excluding hydrogens is 272 g/mol. The highest BCUT2D eigenvalue weighted by atomic mass is 16.4. The number of hydrogen-bond donors (Lipinski definition) is 1. The third-order valence-electron chi connectivity index (χ3n) is 3.65. The lowest BCUT2D eigenvalue weighted by Gasteiger charge is -2.24. The predicted octanol–water partition coefficient (Wildman–Crippen LogP) is 0.971. The molecule has 6 heteroatoms. The summed E-state index contributed by atoms with van der Waals surface area (Å²) in [5.74, 6) is -2.07. The van der Waals surface area contributed by atoms with Crippen molar-refractivity contribution in [2.75, 3.05) is 18.5 Å². The number of aliphatic carboxylic acids is 1. The van der Waals surface area contributed by atoms with Gasteiger partial charge in [0, 0.05) is 6.54 Å². The quantitative estimate of drug-likeness (QED) is 0.818. The third-order valence-corrected chi connectivity index (χ3v) is 3.65. The second-order valence-corrected chi connectivity index (χ2v) is 5.30. The molecule has 0 spiro atoms. The SMILES string of the molecule is CC(CN(C)C1CC(=O)N(c2ccccc2)C1=O)C(=O)O. The fraction of sp³-hybridized carbons (Fsp3) is 0.400. The summed E-state index contributed by atoms with van der Waals surface area (Å²) >= 11 is 0. The number of hydrogen-bond acceptors (Lipinski definition) is 4. The van der Waals surface area contributed by atoms with E-state index in [1.165, 1.54) is 4.90 Å². The van der Waals surface area contributed by atoms with Crippen LogP contribution in [0.1, 0.15) is 13.3 Å². The molecule has 112 valence electrons. The zero-order valence-electron chi connectivity index (χ0n) is 12.0. The molecule has 6 nitrogen and oxygen atoms in total. The number of amides is 2. The van der Waals surface area contributed by atoms with Crippen molar-refractivity contribution < 1.29 is 19.5 Å². The van der Waals surface area contributed by atoms with Gasteiger partial charge in [-0.15, -0.1) is 0 Å². The minimum atomic E-state index is -0.918. The fourth-order valence-electron chi connectivity index (χ4n) is 2.45. The monoisotopic (exact) mass is 290 g/mol. The molecule has 0 bridgehead atoms. The number of para-hydroxylation sites is 1. The van der Waals surface area contributed by atoms with E-state index in [4.69, 9.17) is 5.11 Å². The summed E-state index contributed by atoms with van der Waals surface area (Å²) in [5.41, 5.74) is 0.551. The van der Waals surface area contributed by atoms with Gasteiger partial charge < -0.3 is 5.11 Å². The van der Waals surface area contributed by atoms with Crippen LogP contribution in [0, 0.1) is 5.92 Å². The van der Waals surface area contributed by atoms with Crippen molar-refractivity contribution in [3.63, 3.8) is 0 Å². The van der Waals surface area contributed by atoms with Crippen molar-refractivity contribution in [3.8, 4) is 0 Å². The normalized spacial score (nSPS) is 20.1. The average molecular weight is 290 g/mol. The Kier molecular flexibility index (Phi) is 4.37. The van der Waals surface area contributed by atoms with E-state index >= 15 is 0 Å². The molecule has 2 unspecified atom stereocenters. The van der Waals surface area contributed by atoms with Crippen molar-refractivity contribution in [1.29, 1.82) is 0 Å². The first-order valence-corrected chi connectivity index (χ1v) is 6.76. The molecule has 1 heterocycles. The third kappa shape index (κ3) is 3.11. The van der Waals surface area contributed by atoms with E-state index in [1.807, 2.05) is 6.07 Å². The van der Waals surface area contributed by atoms with Gasteiger partial charge in [-0.2, -0.15) is 0 Å². The minimum Gasteiger partial charge on any atom is -0.481 e. The maximum Gasteiger partial charge on any atom is 0.307 e. The first kappa shape index (κ1) is 15.2. The lowest BCUT2D eigenvalue weighted by molar-refractivity contribution is -0.142. The highest BCUT2D eigenvalue weighted by molar-refractivity contribution is 6.22. The lowest BCUT2D eigenvalue weighted by atomic mass is 10.1. The topological polar surface area (TPSA) is 77.9 Å². The zero-order valence-corrected chi connectivity index (χ0v) is 12.0. The minimum absolute atomic E-state index is 0.0799. The Hall–Kier alpha value is -2.21. The molecule has 1 saturated heterocycles. The van der Waals surface area contributed by atoms with Gasteiger partial charge in [0.2, 0.25) is 5.91 Å². The van der Waals surface area contributed by atoms with Gasteiger partial charge in [0.05, 0.1) is 24.1 Å². The standard InChI is InChI=1S/C15H18N2O4/c1-10(15(20)21)9-16(2)12-8-13(18)17(14(12)19)11-6-4-3-5-7-11/h3-7,10,12H,8-9H2,1-2H3,(H,20,21). The van der Waals surface area contributed by atoms with Crippen LogP contribution in [-0.2, 0) is 14.4 Å². The van der Waals surface area contributed by atoms with Crippen LogP contribution in [0.3, 0.4) is 0 Å². The van der Waals surface area contributed by atoms with Crippen LogP contribution < -0.4 is 4.90 Å². The second kappa shape index (κ2) is 6.05. The predicted molar refractivity (Wildman–Crippen MR) is 76.8 cm³/mol. The molecule has 0 radical (unpaired) electrons. The molecule has 2 amide bonds. The number of likely N-dealkylation sites (N-methyl/N-ethyl adjacent to an activating group) is 1. The molecule has 21 heavy (non-hydrogen) atoms. The highest BCUT2D eigenvalue weighted by Crippen LogP contribution is 2.25. The first-order valence-electron chi connectivity index (χ1n) is 6.76. The van der Waals surface area contributed by atoms with Gasteiger partial charge in [0.15, 0.2) is 0 Å². The number of carboxylic acid groups (broad SMARTS) is 1. The summed E-state index contributed by atoms with van der Waals surface area (Å²) < 4.78 is 0. The molecule has 1 fully saturated rings. The van der Waals surface area contributed by atoms with Gasteiger partial charge in [0.25, 0.3) is 5.91 Å². The molecule has 2 atom stereocenters. The number of carboxylic acids is 1. The summed E-state index contributed by atoms with van der Waals surface area (Å²) in [4.78, 5) is 38.2.